The minimum Gasteiger partial charge on any atom is -0.341 e. The summed E-state index contributed by atoms with van der Waals surface area (Å²) in [5, 5.41) is 3.23. The fourth-order valence-electron chi connectivity index (χ4n) is 2.58. The van der Waals surface area contributed by atoms with Gasteiger partial charge in [0, 0.05) is 0 Å². The standard InChI is InChI=1S/C13H14F3N3/c1-7-5-8(13(14,15)16)11-10(6-7)18-12(19-11)9-3-2-4-17-9/h5-6,9,17H,2-4H2,1H3,(H,18,19)/t9-/m1/s1. The molecule has 3 nitrogen and oxygen atoms in total. The quantitative estimate of drug-likeness (QED) is 0.833. The van der Waals surface area contributed by atoms with E-state index in [0.29, 0.717) is 16.9 Å². The zero-order chi connectivity index (χ0) is 13.6. The number of imidazole rings is 1. The summed E-state index contributed by atoms with van der Waals surface area (Å²) >= 11 is 0. The van der Waals surface area contributed by atoms with E-state index >= 15 is 0 Å². The van der Waals surface area contributed by atoms with E-state index in [-0.39, 0.29) is 11.6 Å². The fourth-order valence-corrected chi connectivity index (χ4v) is 2.58. The lowest BCUT2D eigenvalue weighted by Gasteiger charge is -2.08. The van der Waals surface area contributed by atoms with Crippen LogP contribution in [0.1, 0.15) is 35.8 Å². The van der Waals surface area contributed by atoms with Gasteiger partial charge in [-0.25, -0.2) is 4.98 Å². The molecule has 102 valence electrons. The van der Waals surface area contributed by atoms with Gasteiger partial charge in [-0.15, -0.1) is 0 Å². The van der Waals surface area contributed by atoms with E-state index in [1.165, 1.54) is 0 Å². The first-order valence-corrected chi connectivity index (χ1v) is 6.26. The van der Waals surface area contributed by atoms with Crippen molar-refractivity contribution in [3.63, 3.8) is 0 Å². The van der Waals surface area contributed by atoms with Gasteiger partial charge in [-0.05, 0) is 44.0 Å². The van der Waals surface area contributed by atoms with Crippen LogP contribution in [0.5, 0.6) is 0 Å². The maximum atomic E-state index is 13.0. The third-order valence-electron chi connectivity index (χ3n) is 3.45. The molecule has 0 aliphatic carbocycles. The van der Waals surface area contributed by atoms with Gasteiger partial charge in [-0.3, -0.25) is 0 Å². The highest BCUT2D eigenvalue weighted by Crippen LogP contribution is 2.35. The van der Waals surface area contributed by atoms with Gasteiger partial charge in [-0.1, -0.05) is 0 Å². The molecule has 0 bridgehead atoms. The van der Waals surface area contributed by atoms with Crippen molar-refractivity contribution in [2.24, 2.45) is 0 Å². The summed E-state index contributed by atoms with van der Waals surface area (Å²) in [4.78, 5) is 7.18. The van der Waals surface area contributed by atoms with Gasteiger partial charge in [0.2, 0.25) is 0 Å². The second-order valence-electron chi connectivity index (χ2n) is 4.98. The molecule has 0 amide bonds. The number of hydrogen-bond acceptors (Lipinski definition) is 2. The molecule has 2 heterocycles. The van der Waals surface area contributed by atoms with Crippen molar-refractivity contribution in [2.75, 3.05) is 6.54 Å². The van der Waals surface area contributed by atoms with Crippen molar-refractivity contribution >= 4 is 11.0 Å². The maximum absolute atomic E-state index is 13.0. The van der Waals surface area contributed by atoms with Gasteiger partial charge in [0.25, 0.3) is 0 Å². The Morgan fingerprint density at radius 1 is 1.32 bits per heavy atom. The molecule has 0 unspecified atom stereocenters. The first-order valence-electron chi connectivity index (χ1n) is 6.26. The zero-order valence-corrected chi connectivity index (χ0v) is 10.4. The first-order chi connectivity index (χ1) is 8.95. The average molecular weight is 269 g/mol. The monoisotopic (exact) mass is 269 g/mol. The molecule has 1 aliphatic rings. The second kappa shape index (κ2) is 4.23. The molecule has 6 heteroatoms. The number of H-pyrrole nitrogens is 1. The van der Waals surface area contributed by atoms with Crippen LogP contribution in [0.2, 0.25) is 0 Å². The number of rotatable bonds is 1. The molecule has 1 aliphatic heterocycles. The third-order valence-corrected chi connectivity index (χ3v) is 3.45. The molecule has 1 fully saturated rings. The minimum absolute atomic E-state index is 0.0156. The van der Waals surface area contributed by atoms with E-state index in [1.807, 2.05) is 0 Å². The number of nitrogens with zero attached hydrogens (tertiary/aromatic N) is 1. The average Bonchev–Trinajstić information content (AvgIpc) is 2.93. The van der Waals surface area contributed by atoms with E-state index in [0.717, 1.165) is 25.5 Å². The van der Waals surface area contributed by atoms with Gasteiger partial charge < -0.3 is 10.3 Å². The summed E-state index contributed by atoms with van der Waals surface area (Å²) in [5.41, 5.74) is 0.384. The number of nitrogens with one attached hydrogen (secondary N) is 2. The van der Waals surface area contributed by atoms with Crippen LogP contribution in [0.3, 0.4) is 0 Å². The maximum Gasteiger partial charge on any atom is 0.418 e. The Morgan fingerprint density at radius 2 is 2.11 bits per heavy atom. The molecular weight excluding hydrogens is 255 g/mol. The Bertz CT molecular complexity index is 609. The predicted octanol–water partition coefficient (Wildman–Crippen LogP) is 3.31. The summed E-state index contributed by atoms with van der Waals surface area (Å²) in [6.07, 6.45) is -2.45. The van der Waals surface area contributed by atoms with Crippen LogP contribution in [0.25, 0.3) is 11.0 Å². The Morgan fingerprint density at radius 3 is 2.74 bits per heavy atom. The summed E-state index contributed by atoms with van der Waals surface area (Å²) in [5.74, 6) is 0.601. The smallest absolute Gasteiger partial charge is 0.341 e. The lowest BCUT2D eigenvalue weighted by Crippen LogP contribution is -2.14. The first kappa shape index (κ1) is 12.5. The zero-order valence-electron chi connectivity index (χ0n) is 10.4. The van der Waals surface area contributed by atoms with Crippen LogP contribution >= 0.6 is 0 Å². The van der Waals surface area contributed by atoms with Gasteiger partial charge in [-0.2, -0.15) is 13.2 Å². The van der Waals surface area contributed by atoms with Gasteiger partial charge in [0.1, 0.15) is 11.3 Å². The number of fused-ring (bicyclic) bond motifs is 1. The van der Waals surface area contributed by atoms with Crippen LogP contribution in [-0.2, 0) is 6.18 Å². The SMILES string of the molecule is Cc1cc(C(F)(F)F)c2nc([C@H]3CCCN3)[nH]c2c1. The highest BCUT2D eigenvalue weighted by atomic mass is 19.4. The molecule has 1 aromatic carbocycles. The fraction of sp³-hybridized carbons (Fsp3) is 0.462. The number of benzene rings is 1. The number of aromatic amines is 1. The van der Waals surface area contributed by atoms with E-state index < -0.39 is 11.7 Å². The lowest BCUT2D eigenvalue weighted by molar-refractivity contribution is -0.136. The van der Waals surface area contributed by atoms with E-state index in [4.69, 9.17) is 0 Å². The highest BCUT2D eigenvalue weighted by molar-refractivity contribution is 5.80. The Kier molecular flexibility index (Phi) is 2.78. The number of halogens is 3. The molecule has 0 saturated carbocycles. The van der Waals surface area contributed by atoms with Crippen molar-refractivity contribution in [3.05, 3.63) is 29.1 Å². The Balaban J connectivity index is 2.16. The summed E-state index contributed by atoms with van der Waals surface area (Å²) in [6.45, 7) is 2.54. The van der Waals surface area contributed by atoms with Crippen molar-refractivity contribution in [3.8, 4) is 0 Å². The van der Waals surface area contributed by atoms with Gasteiger partial charge in [0.05, 0.1) is 17.1 Å². The third kappa shape index (κ3) is 2.20. The Labute approximate surface area is 108 Å². The molecule has 1 atom stereocenters. The van der Waals surface area contributed by atoms with Crippen molar-refractivity contribution in [2.45, 2.75) is 32.0 Å². The summed E-state index contributed by atoms with van der Waals surface area (Å²) < 4.78 is 39.0. The molecule has 3 rings (SSSR count). The Hall–Kier alpha value is -1.56. The van der Waals surface area contributed by atoms with Crippen LogP contribution in [-0.4, -0.2) is 16.5 Å². The molecule has 0 radical (unpaired) electrons. The normalized spacial score (nSPS) is 20.3. The van der Waals surface area contributed by atoms with E-state index in [1.54, 1.807) is 13.0 Å². The van der Waals surface area contributed by atoms with Crippen LogP contribution in [0.4, 0.5) is 13.2 Å². The van der Waals surface area contributed by atoms with Crippen LogP contribution in [0, 0.1) is 6.92 Å². The van der Waals surface area contributed by atoms with Gasteiger partial charge in [0.15, 0.2) is 0 Å². The number of alkyl halides is 3. The number of aromatic nitrogens is 2. The molecule has 19 heavy (non-hydrogen) atoms. The van der Waals surface area contributed by atoms with E-state index in [2.05, 4.69) is 15.3 Å². The molecule has 2 aromatic rings. The van der Waals surface area contributed by atoms with Crippen LogP contribution in [0.15, 0.2) is 12.1 Å². The lowest BCUT2D eigenvalue weighted by atomic mass is 10.1. The summed E-state index contributed by atoms with van der Waals surface area (Å²) in [7, 11) is 0. The number of aryl methyl sites for hydroxylation is 1. The molecule has 1 saturated heterocycles. The van der Waals surface area contributed by atoms with Crippen molar-refractivity contribution < 1.29 is 13.2 Å². The van der Waals surface area contributed by atoms with Crippen molar-refractivity contribution in [1.29, 1.82) is 0 Å². The van der Waals surface area contributed by atoms with Gasteiger partial charge >= 0.3 is 6.18 Å². The van der Waals surface area contributed by atoms with Crippen molar-refractivity contribution in [1.82, 2.24) is 15.3 Å². The molecule has 1 aromatic heterocycles. The largest absolute Gasteiger partial charge is 0.418 e. The van der Waals surface area contributed by atoms with E-state index in [9.17, 15) is 13.2 Å². The molecule has 0 spiro atoms. The topological polar surface area (TPSA) is 40.7 Å². The minimum atomic E-state index is -4.38. The predicted molar refractivity (Wildman–Crippen MR) is 65.8 cm³/mol. The number of hydrogen-bond donors (Lipinski definition) is 2. The molecule has 2 N–H and O–H groups in total. The highest BCUT2D eigenvalue weighted by Gasteiger charge is 2.34. The summed E-state index contributed by atoms with van der Waals surface area (Å²) in [6, 6.07) is 2.89. The molecular formula is C13H14F3N3. The second-order valence-corrected chi connectivity index (χ2v) is 4.98. The van der Waals surface area contributed by atoms with Crippen LogP contribution < -0.4 is 5.32 Å².